The summed E-state index contributed by atoms with van der Waals surface area (Å²) in [4.78, 5) is 0. The molecular formula is C18H18. The van der Waals surface area contributed by atoms with Crippen LogP contribution in [-0.2, 0) is 12.8 Å². The van der Waals surface area contributed by atoms with Crippen LogP contribution in [0, 0.1) is 17.8 Å². The first-order valence-corrected chi connectivity index (χ1v) is 6.38. The summed E-state index contributed by atoms with van der Waals surface area (Å²) in [7, 11) is 0. The lowest BCUT2D eigenvalue weighted by Gasteiger charge is -2.11. The number of benzene rings is 2. The predicted molar refractivity (Wildman–Crippen MR) is 77.2 cm³/mol. The van der Waals surface area contributed by atoms with Crippen LogP contribution in [0.15, 0.2) is 60.7 Å². The summed E-state index contributed by atoms with van der Waals surface area (Å²) in [6.07, 6.45) is 2.05. The van der Waals surface area contributed by atoms with Gasteiger partial charge in [-0.2, -0.15) is 0 Å². The van der Waals surface area contributed by atoms with Gasteiger partial charge >= 0.3 is 0 Å². The molecule has 2 aromatic rings. The van der Waals surface area contributed by atoms with Gasteiger partial charge in [-0.15, -0.1) is 5.92 Å². The molecule has 2 rings (SSSR count). The van der Waals surface area contributed by atoms with Crippen LogP contribution in [0.3, 0.4) is 0 Å². The van der Waals surface area contributed by atoms with Crippen LogP contribution in [0.2, 0.25) is 0 Å². The van der Waals surface area contributed by atoms with Crippen molar-refractivity contribution in [2.45, 2.75) is 19.8 Å². The lowest BCUT2D eigenvalue weighted by Crippen LogP contribution is -2.06. The van der Waals surface area contributed by atoms with Crippen LogP contribution in [0.1, 0.15) is 18.1 Å². The second-order valence-corrected chi connectivity index (χ2v) is 4.47. The Bertz CT molecular complexity index is 473. The van der Waals surface area contributed by atoms with E-state index in [1.54, 1.807) is 0 Å². The fourth-order valence-electron chi connectivity index (χ4n) is 2.18. The summed E-state index contributed by atoms with van der Waals surface area (Å²) in [5, 5.41) is 0. The summed E-state index contributed by atoms with van der Waals surface area (Å²) in [5.41, 5.74) is 2.72. The molecule has 0 unspecified atom stereocenters. The first kappa shape index (κ1) is 12.5. The van der Waals surface area contributed by atoms with Crippen LogP contribution in [0.4, 0.5) is 0 Å². The zero-order valence-electron chi connectivity index (χ0n) is 10.8. The van der Waals surface area contributed by atoms with Gasteiger partial charge in [-0.3, -0.25) is 0 Å². The molecule has 18 heavy (non-hydrogen) atoms. The van der Waals surface area contributed by atoms with Gasteiger partial charge in [-0.25, -0.2) is 0 Å². The monoisotopic (exact) mass is 234 g/mol. The fraction of sp³-hybridized carbons (Fsp3) is 0.222. The number of hydrogen-bond donors (Lipinski definition) is 0. The Morgan fingerprint density at radius 1 is 0.778 bits per heavy atom. The molecule has 0 aliphatic carbocycles. The molecule has 2 aromatic carbocycles. The van der Waals surface area contributed by atoms with Gasteiger partial charge in [0.25, 0.3) is 0 Å². The predicted octanol–water partition coefficient (Wildman–Crippen LogP) is 4.11. The van der Waals surface area contributed by atoms with Gasteiger partial charge < -0.3 is 0 Å². The maximum atomic E-state index is 3.33. The van der Waals surface area contributed by atoms with Crippen molar-refractivity contribution in [3.05, 3.63) is 71.8 Å². The van der Waals surface area contributed by atoms with E-state index in [9.17, 15) is 0 Å². The van der Waals surface area contributed by atoms with Gasteiger partial charge in [-0.1, -0.05) is 66.6 Å². The quantitative estimate of drug-likeness (QED) is 0.698. The molecular weight excluding hydrogens is 216 g/mol. The lowest BCUT2D eigenvalue weighted by molar-refractivity contribution is 0.667. The third kappa shape index (κ3) is 3.79. The first-order valence-electron chi connectivity index (χ1n) is 6.38. The van der Waals surface area contributed by atoms with E-state index in [1.807, 2.05) is 6.92 Å². The molecule has 0 heterocycles. The van der Waals surface area contributed by atoms with Gasteiger partial charge in [0.1, 0.15) is 0 Å². The van der Waals surface area contributed by atoms with Gasteiger partial charge in [0.05, 0.1) is 0 Å². The third-order valence-electron chi connectivity index (χ3n) is 3.00. The third-order valence-corrected chi connectivity index (χ3v) is 3.00. The molecule has 90 valence electrons. The van der Waals surface area contributed by atoms with Crippen LogP contribution < -0.4 is 0 Å². The summed E-state index contributed by atoms with van der Waals surface area (Å²) >= 11 is 0. The van der Waals surface area contributed by atoms with E-state index >= 15 is 0 Å². The second-order valence-electron chi connectivity index (χ2n) is 4.47. The van der Waals surface area contributed by atoms with E-state index in [0.29, 0.717) is 5.92 Å². The SMILES string of the molecule is CC#CC(Cc1ccccc1)Cc1ccccc1. The highest BCUT2D eigenvalue weighted by atomic mass is 14.1. The van der Waals surface area contributed by atoms with Crippen molar-refractivity contribution in [2.24, 2.45) is 5.92 Å². The standard InChI is InChI=1S/C18H18/c1-2-9-18(14-16-10-5-3-6-11-16)15-17-12-7-4-8-13-17/h3-8,10-13,18H,14-15H2,1H3. The molecule has 0 aromatic heterocycles. The van der Waals surface area contributed by atoms with Crippen LogP contribution in [0.5, 0.6) is 0 Å². The molecule has 0 radical (unpaired) electrons. The minimum Gasteiger partial charge on any atom is -0.106 e. The Kier molecular flexibility index (Phi) is 4.61. The van der Waals surface area contributed by atoms with Gasteiger partial charge in [0, 0.05) is 5.92 Å². The minimum absolute atomic E-state index is 0.403. The second kappa shape index (κ2) is 6.67. The highest BCUT2D eigenvalue weighted by molar-refractivity contribution is 5.22. The van der Waals surface area contributed by atoms with Gasteiger partial charge in [0.2, 0.25) is 0 Å². The average Bonchev–Trinajstić information content (AvgIpc) is 2.41. The summed E-state index contributed by atoms with van der Waals surface area (Å²) in [6, 6.07) is 21.2. The van der Waals surface area contributed by atoms with E-state index in [0.717, 1.165) is 12.8 Å². The molecule has 0 spiro atoms. The normalized spacial score (nSPS) is 9.89. The zero-order valence-corrected chi connectivity index (χ0v) is 10.8. The van der Waals surface area contributed by atoms with E-state index in [2.05, 4.69) is 72.5 Å². The summed E-state index contributed by atoms with van der Waals surface area (Å²) < 4.78 is 0. The van der Waals surface area contributed by atoms with Crippen LogP contribution in [-0.4, -0.2) is 0 Å². The Hall–Kier alpha value is -2.00. The summed E-state index contributed by atoms with van der Waals surface area (Å²) in [6.45, 7) is 1.92. The number of hydrogen-bond acceptors (Lipinski definition) is 0. The highest BCUT2D eigenvalue weighted by Gasteiger charge is 2.07. The Labute approximate surface area is 110 Å². The van der Waals surface area contributed by atoms with Crippen LogP contribution in [0.25, 0.3) is 0 Å². The van der Waals surface area contributed by atoms with E-state index in [1.165, 1.54) is 11.1 Å². The molecule has 0 amide bonds. The van der Waals surface area contributed by atoms with Gasteiger partial charge in [0.15, 0.2) is 0 Å². The Morgan fingerprint density at radius 3 is 1.61 bits per heavy atom. The fourth-order valence-corrected chi connectivity index (χ4v) is 2.18. The van der Waals surface area contributed by atoms with E-state index < -0.39 is 0 Å². The lowest BCUT2D eigenvalue weighted by atomic mass is 9.93. The van der Waals surface area contributed by atoms with Crippen molar-refractivity contribution in [3.8, 4) is 11.8 Å². The average molecular weight is 234 g/mol. The van der Waals surface area contributed by atoms with Crippen molar-refractivity contribution in [1.82, 2.24) is 0 Å². The zero-order chi connectivity index (χ0) is 12.6. The largest absolute Gasteiger partial charge is 0.106 e. The molecule has 0 nitrogen and oxygen atoms in total. The maximum Gasteiger partial charge on any atom is 0.0283 e. The topological polar surface area (TPSA) is 0 Å². The molecule has 0 saturated heterocycles. The molecule has 0 aliphatic heterocycles. The maximum absolute atomic E-state index is 3.33. The molecule has 0 bridgehead atoms. The van der Waals surface area contributed by atoms with Gasteiger partial charge in [-0.05, 0) is 30.9 Å². The smallest absolute Gasteiger partial charge is 0.0283 e. The molecule has 0 N–H and O–H groups in total. The number of rotatable bonds is 4. The highest BCUT2D eigenvalue weighted by Crippen LogP contribution is 2.14. The Balaban J connectivity index is 2.07. The van der Waals surface area contributed by atoms with Crippen molar-refractivity contribution in [1.29, 1.82) is 0 Å². The van der Waals surface area contributed by atoms with Crippen molar-refractivity contribution >= 4 is 0 Å². The molecule has 0 saturated carbocycles. The minimum atomic E-state index is 0.403. The first-order chi connectivity index (χ1) is 8.88. The molecule has 0 heteroatoms. The van der Waals surface area contributed by atoms with Crippen molar-refractivity contribution in [2.75, 3.05) is 0 Å². The molecule has 0 aliphatic rings. The van der Waals surface area contributed by atoms with Crippen molar-refractivity contribution in [3.63, 3.8) is 0 Å². The Morgan fingerprint density at radius 2 is 1.22 bits per heavy atom. The van der Waals surface area contributed by atoms with E-state index in [-0.39, 0.29) is 0 Å². The molecule has 0 fully saturated rings. The summed E-state index contributed by atoms with van der Waals surface area (Å²) in [5.74, 6) is 6.79. The van der Waals surface area contributed by atoms with E-state index in [4.69, 9.17) is 0 Å². The van der Waals surface area contributed by atoms with Crippen molar-refractivity contribution < 1.29 is 0 Å². The molecule has 0 atom stereocenters. The van der Waals surface area contributed by atoms with Crippen LogP contribution >= 0.6 is 0 Å².